The number of hydrogen-bond acceptors (Lipinski definition) is 1. The first kappa shape index (κ1) is 16.8. The van der Waals surface area contributed by atoms with Gasteiger partial charge in [-0.25, -0.2) is 0 Å². The quantitative estimate of drug-likeness (QED) is 0.640. The third-order valence-electron chi connectivity index (χ3n) is 5.31. The predicted molar refractivity (Wildman–Crippen MR) is 105 cm³/mol. The molecule has 1 atom stereocenters. The molecule has 0 fully saturated rings. The molecule has 2 aliphatic heterocycles. The van der Waals surface area contributed by atoms with Gasteiger partial charge < -0.3 is 4.90 Å². The Hall–Kier alpha value is -2.02. The van der Waals surface area contributed by atoms with Gasteiger partial charge in [0.1, 0.15) is 0 Å². The average Bonchev–Trinajstić information content (AvgIpc) is 2.60. The summed E-state index contributed by atoms with van der Waals surface area (Å²) in [6.07, 6.45) is 10.1. The molecule has 24 heavy (non-hydrogen) atoms. The van der Waals surface area contributed by atoms with Crippen molar-refractivity contribution in [2.45, 2.75) is 58.9 Å². The van der Waals surface area contributed by atoms with Crippen molar-refractivity contribution in [1.29, 1.82) is 0 Å². The highest BCUT2D eigenvalue weighted by molar-refractivity contribution is 5.77. The molecule has 0 aromatic heterocycles. The molecule has 2 aliphatic rings. The lowest BCUT2D eigenvalue weighted by atomic mass is 9.84. The van der Waals surface area contributed by atoms with E-state index in [9.17, 15) is 0 Å². The molecule has 0 radical (unpaired) electrons. The van der Waals surface area contributed by atoms with E-state index >= 15 is 0 Å². The van der Waals surface area contributed by atoms with E-state index < -0.39 is 0 Å². The van der Waals surface area contributed by atoms with E-state index in [4.69, 9.17) is 0 Å². The van der Waals surface area contributed by atoms with Gasteiger partial charge in [0.25, 0.3) is 0 Å². The Bertz CT molecular complexity index is 732. The Kier molecular flexibility index (Phi) is 4.80. The second-order valence-electron chi connectivity index (χ2n) is 6.97. The van der Waals surface area contributed by atoms with Gasteiger partial charge >= 0.3 is 0 Å². The molecule has 1 aromatic rings. The Balaban J connectivity index is 2.04. The van der Waals surface area contributed by atoms with Gasteiger partial charge in [0.15, 0.2) is 0 Å². The van der Waals surface area contributed by atoms with Crippen LogP contribution in [0.25, 0.3) is 5.70 Å². The van der Waals surface area contributed by atoms with Gasteiger partial charge in [0.2, 0.25) is 0 Å². The van der Waals surface area contributed by atoms with Crippen LogP contribution in [0.1, 0.15) is 56.7 Å². The number of allylic oxidation sites excluding steroid dienone is 4. The Morgan fingerprint density at radius 3 is 2.71 bits per heavy atom. The lowest BCUT2D eigenvalue weighted by Gasteiger charge is -2.41. The summed E-state index contributed by atoms with van der Waals surface area (Å²) in [5, 5.41) is 0. The molecule has 1 aromatic carbocycles. The van der Waals surface area contributed by atoms with Crippen LogP contribution in [0.5, 0.6) is 0 Å². The molecular formula is C23H29N. The minimum Gasteiger partial charge on any atom is -0.343 e. The van der Waals surface area contributed by atoms with Crippen LogP contribution >= 0.6 is 0 Å². The van der Waals surface area contributed by atoms with Crippen LogP contribution in [0, 0.1) is 0 Å². The fourth-order valence-electron chi connectivity index (χ4n) is 3.86. The van der Waals surface area contributed by atoms with Gasteiger partial charge in [-0.3, -0.25) is 0 Å². The third kappa shape index (κ3) is 2.88. The number of fused-ring (bicyclic) bond motifs is 3. The SMILES string of the molecule is C=C1C=C2c3ccc(CC)cc3CC(CC)N2C=C1C(=C)CCC. The molecular weight excluding hydrogens is 290 g/mol. The van der Waals surface area contributed by atoms with Gasteiger partial charge in [-0.2, -0.15) is 0 Å². The first-order valence-corrected chi connectivity index (χ1v) is 9.30. The summed E-state index contributed by atoms with van der Waals surface area (Å²) < 4.78 is 0. The monoisotopic (exact) mass is 319 g/mol. The third-order valence-corrected chi connectivity index (χ3v) is 5.31. The molecule has 0 saturated carbocycles. The minimum atomic E-state index is 0.522. The molecule has 1 unspecified atom stereocenters. The molecule has 1 nitrogen and oxygen atoms in total. The van der Waals surface area contributed by atoms with Crippen LogP contribution < -0.4 is 0 Å². The van der Waals surface area contributed by atoms with Crippen LogP contribution in [0.2, 0.25) is 0 Å². The number of hydrogen-bond donors (Lipinski definition) is 0. The highest BCUT2D eigenvalue weighted by Crippen LogP contribution is 2.40. The summed E-state index contributed by atoms with van der Waals surface area (Å²) in [5.74, 6) is 0. The van der Waals surface area contributed by atoms with Crippen LogP contribution in [-0.4, -0.2) is 10.9 Å². The van der Waals surface area contributed by atoms with E-state index in [0.29, 0.717) is 6.04 Å². The number of nitrogens with zero attached hydrogens (tertiary/aromatic N) is 1. The predicted octanol–water partition coefficient (Wildman–Crippen LogP) is 6.04. The first-order chi connectivity index (χ1) is 11.6. The largest absolute Gasteiger partial charge is 0.343 e. The number of aryl methyl sites for hydroxylation is 1. The van der Waals surface area contributed by atoms with Gasteiger partial charge in [-0.1, -0.05) is 58.5 Å². The Labute approximate surface area is 147 Å². The van der Waals surface area contributed by atoms with Crippen molar-refractivity contribution >= 4 is 5.70 Å². The minimum absolute atomic E-state index is 0.522. The number of benzene rings is 1. The Morgan fingerprint density at radius 2 is 2.04 bits per heavy atom. The van der Waals surface area contributed by atoms with Gasteiger partial charge in [0, 0.05) is 23.5 Å². The zero-order chi connectivity index (χ0) is 17.3. The zero-order valence-electron chi connectivity index (χ0n) is 15.4. The highest BCUT2D eigenvalue weighted by Gasteiger charge is 2.30. The zero-order valence-corrected chi connectivity index (χ0v) is 15.4. The summed E-state index contributed by atoms with van der Waals surface area (Å²) in [4.78, 5) is 2.47. The second kappa shape index (κ2) is 6.84. The van der Waals surface area contributed by atoms with Crippen molar-refractivity contribution < 1.29 is 0 Å². The van der Waals surface area contributed by atoms with Crippen LogP contribution in [-0.2, 0) is 12.8 Å². The van der Waals surface area contributed by atoms with E-state index in [1.54, 1.807) is 0 Å². The fourth-order valence-corrected chi connectivity index (χ4v) is 3.86. The molecule has 126 valence electrons. The lowest BCUT2D eigenvalue weighted by molar-refractivity contribution is 0.352. The summed E-state index contributed by atoms with van der Waals surface area (Å²) in [6, 6.07) is 7.48. The Morgan fingerprint density at radius 1 is 1.25 bits per heavy atom. The van der Waals surface area contributed by atoms with Crippen molar-refractivity contribution in [3.63, 3.8) is 0 Å². The molecule has 2 heterocycles. The molecule has 0 amide bonds. The fraction of sp³-hybridized carbons (Fsp3) is 0.391. The molecule has 0 aliphatic carbocycles. The van der Waals surface area contributed by atoms with E-state index in [1.165, 1.54) is 33.5 Å². The van der Waals surface area contributed by atoms with Gasteiger partial charge in [-0.05, 0) is 59.6 Å². The maximum absolute atomic E-state index is 4.32. The normalized spacial score (nSPS) is 19.4. The van der Waals surface area contributed by atoms with Crippen molar-refractivity contribution in [1.82, 2.24) is 4.90 Å². The molecule has 0 saturated heterocycles. The standard InChI is InChI=1S/C23H29N/c1-6-9-16(4)22-15-24-20(8-3)14-19-13-18(7-2)10-11-21(19)23(24)12-17(22)5/h10-13,15,20H,4-9,14H2,1-3H3. The van der Waals surface area contributed by atoms with Gasteiger partial charge in [0.05, 0.1) is 0 Å². The lowest BCUT2D eigenvalue weighted by Crippen LogP contribution is -2.37. The van der Waals surface area contributed by atoms with Crippen molar-refractivity contribution in [3.8, 4) is 0 Å². The van der Waals surface area contributed by atoms with E-state index in [-0.39, 0.29) is 0 Å². The molecule has 0 N–H and O–H groups in total. The summed E-state index contributed by atoms with van der Waals surface area (Å²) >= 11 is 0. The van der Waals surface area contributed by atoms with Crippen molar-refractivity contribution in [2.24, 2.45) is 0 Å². The average molecular weight is 319 g/mol. The van der Waals surface area contributed by atoms with Crippen LogP contribution in [0.4, 0.5) is 0 Å². The van der Waals surface area contributed by atoms with E-state index in [0.717, 1.165) is 37.7 Å². The molecule has 3 rings (SSSR count). The molecule has 0 bridgehead atoms. The molecule has 1 heteroatoms. The van der Waals surface area contributed by atoms with Crippen molar-refractivity contribution in [2.75, 3.05) is 0 Å². The number of rotatable bonds is 5. The van der Waals surface area contributed by atoms with Crippen LogP contribution in [0.3, 0.4) is 0 Å². The maximum Gasteiger partial charge on any atom is 0.0491 e. The van der Waals surface area contributed by atoms with E-state index in [1.807, 2.05) is 0 Å². The van der Waals surface area contributed by atoms with Crippen LogP contribution in [0.15, 0.2) is 60.4 Å². The first-order valence-electron chi connectivity index (χ1n) is 9.30. The highest BCUT2D eigenvalue weighted by atomic mass is 15.2. The smallest absolute Gasteiger partial charge is 0.0491 e. The summed E-state index contributed by atoms with van der Waals surface area (Å²) in [6.45, 7) is 15.3. The second-order valence-corrected chi connectivity index (χ2v) is 6.97. The molecule has 0 spiro atoms. The topological polar surface area (TPSA) is 3.24 Å². The van der Waals surface area contributed by atoms with Gasteiger partial charge in [-0.15, -0.1) is 0 Å². The summed E-state index contributed by atoms with van der Waals surface area (Å²) in [5.41, 5.74) is 9.13. The van der Waals surface area contributed by atoms with Crippen molar-refractivity contribution in [3.05, 3.63) is 77.0 Å². The maximum atomic E-state index is 4.32. The summed E-state index contributed by atoms with van der Waals surface area (Å²) in [7, 11) is 0. The van der Waals surface area contributed by atoms with E-state index in [2.05, 4.69) is 69.3 Å².